The number of fused-ring (bicyclic) bond motifs is 3. The average Bonchev–Trinajstić information content (AvgIpc) is 2.78. The van der Waals surface area contributed by atoms with Crippen LogP contribution in [0.4, 0.5) is 0 Å². The highest BCUT2D eigenvalue weighted by Crippen LogP contribution is 2.41. The van der Waals surface area contributed by atoms with E-state index < -0.39 is 0 Å². The van der Waals surface area contributed by atoms with E-state index in [-0.39, 0.29) is 17.9 Å². The van der Waals surface area contributed by atoms with Crippen molar-refractivity contribution < 1.29 is 9.53 Å². The van der Waals surface area contributed by atoms with Crippen molar-refractivity contribution in [2.75, 3.05) is 0 Å². The van der Waals surface area contributed by atoms with Crippen LogP contribution in [0.15, 0.2) is 70.2 Å². The third kappa shape index (κ3) is 1.48. The summed E-state index contributed by atoms with van der Waals surface area (Å²) in [5.41, 5.74) is 2.68. The Kier molecular flexibility index (Phi) is 2.15. The van der Waals surface area contributed by atoms with Gasteiger partial charge in [0.1, 0.15) is 11.9 Å². The van der Waals surface area contributed by atoms with Crippen LogP contribution in [0.25, 0.3) is 0 Å². The van der Waals surface area contributed by atoms with E-state index >= 15 is 0 Å². The number of nitrogens with one attached hydrogen (secondary N) is 1. The number of carbonyl (C=O) groups excluding carboxylic acids is 1. The molecule has 2 atom stereocenters. The molecule has 3 nitrogen and oxygen atoms in total. The van der Waals surface area contributed by atoms with Gasteiger partial charge in [0.2, 0.25) is 5.91 Å². The van der Waals surface area contributed by atoms with Crippen LogP contribution in [0, 0.1) is 5.92 Å². The molecule has 0 radical (unpaired) electrons. The smallest absolute Gasteiger partial charge is 0.236 e. The first-order valence-electron chi connectivity index (χ1n) is 6.10. The van der Waals surface area contributed by atoms with Gasteiger partial charge in [0.05, 0.1) is 11.6 Å². The Morgan fingerprint density at radius 1 is 1.16 bits per heavy atom. The molecule has 1 amide bonds. The van der Waals surface area contributed by atoms with E-state index in [2.05, 4.69) is 5.32 Å². The quantitative estimate of drug-likeness (QED) is 0.735. The molecule has 4 rings (SSSR count). The topological polar surface area (TPSA) is 38.3 Å². The monoisotopic (exact) mass is 271 g/mol. The number of hydrogen-bond acceptors (Lipinski definition) is 2. The van der Waals surface area contributed by atoms with Crippen LogP contribution in [0.2, 0.25) is 0 Å². The third-order valence-corrected chi connectivity index (χ3v) is 3.87. The molecule has 0 fully saturated rings. The zero-order valence-electron chi connectivity index (χ0n) is 9.89. The summed E-state index contributed by atoms with van der Waals surface area (Å²) in [5, 5.41) is 3.51. The average molecular weight is 272 g/mol. The molecule has 2 aliphatic heterocycles. The first-order chi connectivity index (χ1) is 9.24. The van der Waals surface area contributed by atoms with E-state index in [0.717, 1.165) is 22.6 Å². The molecule has 19 heavy (non-hydrogen) atoms. The minimum Gasteiger partial charge on any atom is -0.479 e. The number of allylic oxidation sites excluding steroid dienone is 5. The van der Waals surface area contributed by atoms with Crippen molar-refractivity contribution in [1.82, 2.24) is 5.32 Å². The van der Waals surface area contributed by atoms with Crippen LogP contribution in [0.5, 0.6) is 0 Å². The lowest BCUT2D eigenvalue weighted by Crippen LogP contribution is -2.36. The fourth-order valence-corrected chi connectivity index (χ4v) is 2.91. The summed E-state index contributed by atoms with van der Waals surface area (Å²) in [6.45, 7) is 0. The number of rotatable bonds is 0. The minimum absolute atomic E-state index is 0.0593. The van der Waals surface area contributed by atoms with Crippen LogP contribution in [-0.2, 0) is 9.53 Å². The van der Waals surface area contributed by atoms with Gasteiger partial charge in [0.15, 0.2) is 0 Å². The van der Waals surface area contributed by atoms with Crippen molar-refractivity contribution in [3.05, 3.63) is 70.2 Å². The number of ether oxygens (including phenoxy) is 1. The Bertz CT molecular complexity index is 676. The molecule has 4 aliphatic rings. The molecule has 0 saturated heterocycles. The predicted molar refractivity (Wildman–Crippen MR) is 71.9 cm³/mol. The molecule has 2 aliphatic carbocycles. The maximum Gasteiger partial charge on any atom is 0.236 e. The molecule has 0 spiro atoms. The first kappa shape index (κ1) is 10.9. The summed E-state index contributed by atoms with van der Waals surface area (Å²) in [5.74, 6) is 0.346. The van der Waals surface area contributed by atoms with Crippen LogP contribution >= 0.6 is 11.6 Å². The normalized spacial score (nSPS) is 30.6. The first-order valence-corrected chi connectivity index (χ1v) is 6.48. The van der Waals surface area contributed by atoms with Gasteiger partial charge in [-0.25, -0.2) is 0 Å². The zero-order valence-corrected chi connectivity index (χ0v) is 10.6. The molecule has 0 bridgehead atoms. The lowest BCUT2D eigenvalue weighted by molar-refractivity contribution is -0.122. The summed E-state index contributed by atoms with van der Waals surface area (Å²) < 4.78 is 5.95. The second-order valence-corrected chi connectivity index (χ2v) is 5.19. The molecule has 2 heterocycles. The molecule has 94 valence electrons. The predicted octanol–water partition coefficient (Wildman–Crippen LogP) is 2.46. The lowest BCUT2D eigenvalue weighted by Gasteiger charge is -2.25. The highest BCUT2D eigenvalue weighted by molar-refractivity contribution is 6.31. The van der Waals surface area contributed by atoms with Gasteiger partial charge in [-0.1, -0.05) is 35.9 Å². The highest BCUT2D eigenvalue weighted by atomic mass is 35.5. The third-order valence-electron chi connectivity index (χ3n) is 3.62. The standard InChI is InChI=1S/C15H10ClNO2/c16-8-5-6-9-11(7-8)15(18)17-13-10-3-1-2-4-12(10)19-14(9)13/h1-7,11-12H,(H,17,18). The van der Waals surface area contributed by atoms with E-state index in [9.17, 15) is 4.79 Å². The number of hydrogen-bond donors (Lipinski definition) is 1. The second-order valence-electron chi connectivity index (χ2n) is 4.75. The minimum atomic E-state index is -0.357. The maximum atomic E-state index is 12.2. The molecular formula is C15H10ClNO2. The molecular weight excluding hydrogens is 262 g/mol. The van der Waals surface area contributed by atoms with Crippen LogP contribution < -0.4 is 5.32 Å². The number of halogens is 1. The Morgan fingerprint density at radius 2 is 2.05 bits per heavy atom. The molecule has 0 aromatic carbocycles. The van der Waals surface area contributed by atoms with Gasteiger partial charge < -0.3 is 10.1 Å². The van der Waals surface area contributed by atoms with Crippen LogP contribution in [-0.4, -0.2) is 12.0 Å². The van der Waals surface area contributed by atoms with Crippen molar-refractivity contribution in [1.29, 1.82) is 0 Å². The van der Waals surface area contributed by atoms with E-state index in [1.165, 1.54) is 0 Å². The Balaban J connectivity index is 1.91. The Hall–Kier alpha value is -2.00. The van der Waals surface area contributed by atoms with Crippen molar-refractivity contribution in [3.8, 4) is 0 Å². The van der Waals surface area contributed by atoms with Crippen molar-refractivity contribution in [3.63, 3.8) is 0 Å². The molecule has 0 saturated carbocycles. The summed E-state index contributed by atoms with van der Waals surface area (Å²) >= 11 is 5.96. The van der Waals surface area contributed by atoms with E-state index in [1.54, 1.807) is 12.2 Å². The summed E-state index contributed by atoms with van der Waals surface area (Å²) in [7, 11) is 0. The van der Waals surface area contributed by atoms with Crippen molar-refractivity contribution >= 4 is 17.5 Å². The van der Waals surface area contributed by atoms with Gasteiger partial charge in [-0.2, -0.15) is 0 Å². The van der Waals surface area contributed by atoms with Crippen LogP contribution in [0.3, 0.4) is 0 Å². The molecule has 4 heteroatoms. The summed E-state index contributed by atoms with van der Waals surface area (Å²) in [6.07, 6.45) is 13.2. The summed E-state index contributed by atoms with van der Waals surface area (Å²) in [4.78, 5) is 12.2. The van der Waals surface area contributed by atoms with Gasteiger partial charge in [0.25, 0.3) is 0 Å². The van der Waals surface area contributed by atoms with Gasteiger partial charge in [-0.3, -0.25) is 4.79 Å². The molecule has 0 aromatic rings. The molecule has 2 unspecified atom stereocenters. The van der Waals surface area contributed by atoms with Gasteiger partial charge >= 0.3 is 0 Å². The maximum absolute atomic E-state index is 12.2. The largest absolute Gasteiger partial charge is 0.479 e. The van der Waals surface area contributed by atoms with Crippen LogP contribution in [0.1, 0.15) is 0 Å². The van der Waals surface area contributed by atoms with Gasteiger partial charge in [0, 0.05) is 16.2 Å². The van der Waals surface area contributed by atoms with Crippen molar-refractivity contribution in [2.45, 2.75) is 6.10 Å². The number of amides is 1. The van der Waals surface area contributed by atoms with E-state index in [1.807, 2.05) is 30.4 Å². The van der Waals surface area contributed by atoms with E-state index in [4.69, 9.17) is 16.3 Å². The fourth-order valence-electron chi connectivity index (χ4n) is 2.72. The van der Waals surface area contributed by atoms with Gasteiger partial charge in [-0.05, 0) is 18.2 Å². The summed E-state index contributed by atoms with van der Waals surface area (Å²) in [6, 6.07) is 0. The Labute approximate surface area is 115 Å². The molecule has 0 aromatic heterocycles. The van der Waals surface area contributed by atoms with Gasteiger partial charge in [-0.15, -0.1) is 0 Å². The van der Waals surface area contributed by atoms with Crippen molar-refractivity contribution in [2.24, 2.45) is 5.92 Å². The zero-order chi connectivity index (χ0) is 13.0. The van der Waals surface area contributed by atoms with E-state index in [0.29, 0.717) is 5.03 Å². The SMILES string of the molecule is O=C1NC2=C3C=CC=CC3OC2=C2C=CC(Cl)=CC12. The molecule has 1 N–H and O–H groups in total. The second kappa shape index (κ2) is 3.75. The highest BCUT2D eigenvalue weighted by Gasteiger charge is 2.39. The Morgan fingerprint density at radius 3 is 2.95 bits per heavy atom. The lowest BCUT2D eigenvalue weighted by atomic mass is 9.88. The number of carbonyl (C=O) groups is 1. The fraction of sp³-hybridized carbons (Fsp3) is 0.133.